The number of hydrogen-bond acceptors (Lipinski definition) is 8. The van der Waals surface area contributed by atoms with Gasteiger partial charge < -0.3 is 29.8 Å². The van der Waals surface area contributed by atoms with Crippen LogP contribution in [0.3, 0.4) is 0 Å². The molecule has 0 saturated heterocycles. The van der Waals surface area contributed by atoms with Crippen LogP contribution in [0.1, 0.15) is 0 Å². The predicted octanol–water partition coefficient (Wildman–Crippen LogP) is -9.02. The van der Waals surface area contributed by atoms with Crippen molar-refractivity contribution >= 4 is 24.7 Å². The molecule has 2 aromatic rings. The average Bonchev–Trinajstić information content (AvgIpc) is 2.58. The first-order chi connectivity index (χ1) is 8.76. The summed E-state index contributed by atoms with van der Waals surface area (Å²) in [6, 6.07) is 0. The van der Waals surface area contributed by atoms with Crippen molar-refractivity contribution in [2.45, 2.75) is 12.6 Å². The van der Waals surface area contributed by atoms with E-state index in [9.17, 15) is 24.3 Å². The molecule has 21 heavy (non-hydrogen) atoms. The van der Waals surface area contributed by atoms with Gasteiger partial charge in [-0.2, -0.15) is 4.98 Å². The molecule has 2 heterocycles. The summed E-state index contributed by atoms with van der Waals surface area (Å²) >= 11 is 0. The number of imidazole rings is 1. The largest absolute Gasteiger partial charge is 1.00 e. The van der Waals surface area contributed by atoms with Crippen molar-refractivity contribution < 1.29 is 78.6 Å². The molecule has 0 saturated carbocycles. The third-order valence-electron chi connectivity index (χ3n) is 2.33. The van der Waals surface area contributed by atoms with E-state index in [0.29, 0.717) is 0 Å². The van der Waals surface area contributed by atoms with Crippen molar-refractivity contribution in [2.75, 3.05) is 11.9 Å². The van der Waals surface area contributed by atoms with Crippen LogP contribution in [0.4, 0.5) is 5.95 Å². The van der Waals surface area contributed by atoms with Gasteiger partial charge >= 0.3 is 59.1 Å². The summed E-state index contributed by atoms with van der Waals surface area (Å²) in [7, 11) is -4.82. The molecule has 0 spiro atoms. The molecule has 0 aromatic carbocycles. The summed E-state index contributed by atoms with van der Waals surface area (Å²) in [5.41, 5.74) is 4.94. The van der Waals surface area contributed by atoms with Gasteiger partial charge in [0.2, 0.25) is 5.95 Å². The second-order valence-electron chi connectivity index (χ2n) is 3.97. The number of aliphatic hydroxyl groups excluding tert-OH is 1. The van der Waals surface area contributed by atoms with Gasteiger partial charge in [-0.15, -0.1) is 0 Å². The first kappa shape index (κ1) is 21.3. The van der Waals surface area contributed by atoms with Crippen LogP contribution in [0, 0.1) is 0 Å². The first-order valence-corrected chi connectivity index (χ1v) is 6.89. The molecular formula is C8H10N5Na2O5P. The summed E-state index contributed by atoms with van der Waals surface area (Å²) in [6.07, 6.45) is -1.12. The van der Waals surface area contributed by atoms with E-state index in [4.69, 9.17) is 5.73 Å². The molecule has 104 valence electrons. The zero-order chi connectivity index (χ0) is 14.2. The molecule has 2 rings (SSSR count). The number of rotatable bonds is 4. The summed E-state index contributed by atoms with van der Waals surface area (Å²) in [5.74, 6) is -0.132. The van der Waals surface area contributed by atoms with Gasteiger partial charge in [-0.05, 0) is 0 Å². The average molecular weight is 333 g/mol. The minimum absolute atomic E-state index is 0. The van der Waals surface area contributed by atoms with Gasteiger partial charge in [-0.1, -0.05) is 7.60 Å². The molecule has 0 fully saturated rings. The van der Waals surface area contributed by atoms with Crippen molar-refractivity contribution in [1.82, 2.24) is 19.5 Å². The number of H-pyrrole nitrogens is 1. The van der Waals surface area contributed by atoms with Gasteiger partial charge in [-0.3, -0.25) is 9.78 Å². The molecule has 0 radical (unpaired) electrons. The van der Waals surface area contributed by atoms with Crippen LogP contribution in [0.25, 0.3) is 11.2 Å². The molecule has 0 amide bonds. The number of nitrogens with one attached hydrogen (secondary N) is 1. The van der Waals surface area contributed by atoms with Crippen molar-refractivity contribution in [3.8, 4) is 0 Å². The SMILES string of the molecule is Nc1nc2c(ncn2C[C@@H](O)CP(=O)([O-])[O-])c(=O)[nH]1.[Na+].[Na+]. The van der Waals surface area contributed by atoms with Gasteiger partial charge in [0.15, 0.2) is 11.2 Å². The molecule has 0 bridgehead atoms. The van der Waals surface area contributed by atoms with Gasteiger partial charge in [0.1, 0.15) is 0 Å². The van der Waals surface area contributed by atoms with Crippen molar-refractivity contribution in [3.05, 3.63) is 16.7 Å². The maximum absolute atomic E-state index is 11.5. The van der Waals surface area contributed by atoms with E-state index >= 15 is 0 Å². The van der Waals surface area contributed by atoms with Crippen LogP contribution >= 0.6 is 7.60 Å². The number of aromatic amines is 1. The topological polar surface area (TPSA) is 173 Å². The summed E-state index contributed by atoms with van der Waals surface area (Å²) < 4.78 is 11.8. The molecule has 0 aliphatic heterocycles. The van der Waals surface area contributed by atoms with E-state index in [1.54, 1.807) is 0 Å². The maximum Gasteiger partial charge on any atom is 1.00 e. The number of aromatic nitrogens is 4. The fraction of sp³-hybridized carbons (Fsp3) is 0.375. The van der Waals surface area contributed by atoms with Gasteiger partial charge in [0, 0.05) is 6.16 Å². The number of fused-ring (bicyclic) bond motifs is 1. The second kappa shape index (κ2) is 8.21. The van der Waals surface area contributed by atoms with Crippen LogP contribution in [-0.2, 0) is 11.1 Å². The Bertz CT molecular complexity index is 713. The predicted molar refractivity (Wildman–Crippen MR) is 61.0 cm³/mol. The van der Waals surface area contributed by atoms with E-state index in [1.807, 2.05) is 0 Å². The molecule has 0 unspecified atom stereocenters. The zero-order valence-electron chi connectivity index (χ0n) is 11.5. The smallest absolute Gasteiger partial charge is 0.811 e. The minimum atomic E-state index is -4.82. The van der Waals surface area contributed by atoms with E-state index < -0.39 is 25.4 Å². The molecule has 4 N–H and O–H groups in total. The molecule has 0 aliphatic rings. The number of hydrogen-bond donors (Lipinski definition) is 3. The van der Waals surface area contributed by atoms with Crippen LogP contribution in [0.15, 0.2) is 11.1 Å². The van der Waals surface area contributed by atoms with Crippen molar-refractivity contribution in [3.63, 3.8) is 0 Å². The number of aliphatic hydroxyl groups is 1. The quantitative estimate of drug-likeness (QED) is 0.365. The molecule has 1 atom stereocenters. The molecule has 2 aromatic heterocycles. The molecule has 10 nitrogen and oxygen atoms in total. The van der Waals surface area contributed by atoms with Gasteiger partial charge in [0.05, 0.1) is 19.0 Å². The normalized spacial score (nSPS) is 12.5. The fourth-order valence-corrected chi connectivity index (χ4v) is 2.28. The van der Waals surface area contributed by atoms with Crippen molar-refractivity contribution in [2.24, 2.45) is 0 Å². The van der Waals surface area contributed by atoms with Gasteiger partial charge in [0.25, 0.3) is 5.56 Å². The summed E-state index contributed by atoms with van der Waals surface area (Å²) in [6.45, 7) is -0.235. The summed E-state index contributed by atoms with van der Waals surface area (Å²) in [4.78, 5) is 42.4. The van der Waals surface area contributed by atoms with Crippen LogP contribution in [-0.4, -0.2) is 36.9 Å². The molecular weight excluding hydrogens is 323 g/mol. The van der Waals surface area contributed by atoms with Gasteiger partial charge in [-0.25, -0.2) is 4.98 Å². The van der Waals surface area contributed by atoms with E-state index in [0.717, 1.165) is 0 Å². The molecule has 13 heteroatoms. The first-order valence-electron chi connectivity index (χ1n) is 5.16. The standard InChI is InChI=1S/C8H12N5O5P.2Na/c9-8-11-6-5(7(15)12-8)10-3-13(6)1-4(14)2-19(16,17)18;;/h3-4,14H,1-2H2,(H2,16,17,18)(H3,9,11,12,15);;/q;2*+1/p-2/t4-;;/m1../s1. The van der Waals surface area contributed by atoms with E-state index in [-0.39, 0.29) is 82.8 Å². The second-order valence-corrected chi connectivity index (χ2v) is 5.55. The van der Waals surface area contributed by atoms with E-state index in [1.165, 1.54) is 10.9 Å². The van der Waals surface area contributed by atoms with Crippen LogP contribution < -0.4 is 80.2 Å². The Kier molecular flexibility index (Phi) is 8.31. The number of nitrogen functional groups attached to an aromatic ring is 1. The number of nitrogens with zero attached hydrogens (tertiary/aromatic N) is 3. The van der Waals surface area contributed by atoms with Crippen LogP contribution in [0.2, 0.25) is 0 Å². The van der Waals surface area contributed by atoms with Crippen molar-refractivity contribution in [1.29, 1.82) is 0 Å². The fourth-order valence-electron chi connectivity index (χ4n) is 1.65. The number of anilines is 1. The van der Waals surface area contributed by atoms with E-state index in [2.05, 4.69) is 15.0 Å². The Hall–Kier alpha value is 0.260. The van der Waals surface area contributed by atoms with Crippen LogP contribution in [0.5, 0.6) is 0 Å². The third kappa shape index (κ3) is 5.76. The molecule has 0 aliphatic carbocycles. The monoisotopic (exact) mass is 333 g/mol. The Balaban J connectivity index is 0.00000200. The Labute approximate surface area is 162 Å². The maximum atomic E-state index is 11.5. The zero-order valence-corrected chi connectivity index (χ0v) is 16.4. The number of nitrogens with two attached hydrogens (primary N) is 1. The Morgan fingerprint density at radius 1 is 1.48 bits per heavy atom. The summed E-state index contributed by atoms with van der Waals surface area (Å²) in [5, 5.41) is 9.49. The minimum Gasteiger partial charge on any atom is -0.811 e. The Morgan fingerprint density at radius 2 is 2.10 bits per heavy atom. The third-order valence-corrected chi connectivity index (χ3v) is 3.20. The Morgan fingerprint density at radius 3 is 2.67 bits per heavy atom.